The van der Waals surface area contributed by atoms with Gasteiger partial charge in [-0.25, -0.2) is 8.78 Å². The normalized spacial score (nSPS) is 14.9. The molecule has 0 spiro atoms. The third-order valence-electron chi connectivity index (χ3n) is 4.98. The van der Waals surface area contributed by atoms with Crippen LogP contribution >= 0.6 is 0 Å². The number of halogens is 5. The fourth-order valence-corrected chi connectivity index (χ4v) is 3.80. The Hall–Kier alpha value is -3.01. The van der Waals surface area contributed by atoms with Gasteiger partial charge in [-0.1, -0.05) is 12.1 Å². The van der Waals surface area contributed by atoms with Crippen molar-refractivity contribution in [3.8, 4) is 16.9 Å². The van der Waals surface area contributed by atoms with Crippen molar-refractivity contribution in [2.45, 2.75) is 50.5 Å². The molecule has 0 aliphatic heterocycles. The Balaban J connectivity index is 2.69. The van der Waals surface area contributed by atoms with Gasteiger partial charge in [-0.05, 0) is 50.6 Å². The first kappa shape index (κ1) is 26.2. The van der Waals surface area contributed by atoms with Crippen LogP contribution in [0, 0.1) is 5.82 Å². The van der Waals surface area contributed by atoms with E-state index >= 15 is 0 Å². The lowest BCUT2D eigenvalue weighted by molar-refractivity contribution is -0.185. The van der Waals surface area contributed by atoms with Gasteiger partial charge in [0.25, 0.3) is 0 Å². The number of benzene rings is 2. The van der Waals surface area contributed by atoms with Crippen molar-refractivity contribution < 1.29 is 41.4 Å². The summed E-state index contributed by atoms with van der Waals surface area (Å²) >= 11 is 0. The van der Waals surface area contributed by atoms with Crippen molar-refractivity contribution in [3.63, 3.8) is 0 Å². The molecule has 0 aliphatic rings. The first-order chi connectivity index (χ1) is 15.1. The van der Waals surface area contributed by atoms with Gasteiger partial charge < -0.3 is 15.6 Å². The van der Waals surface area contributed by atoms with E-state index in [1.165, 1.54) is 19.1 Å². The molecule has 3 N–H and O–H groups in total. The van der Waals surface area contributed by atoms with Gasteiger partial charge in [-0.15, -0.1) is 0 Å². The topological polar surface area (TPSA) is 89.6 Å². The zero-order valence-electron chi connectivity index (χ0n) is 18.2. The minimum Gasteiger partial charge on any atom is -0.507 e. The highest BCUT2D eigenvalue weighted by molar-refractivity contribution is 5.83. The average molecular weight is 473 g/mol. The maximum atomic E-state index is 15.0. The third-order valence-corrected chi connectivity index (χ3v) is 4.98. The van der Waals surface area contributed by atoms with Crippen molar-refractivity contribution in [2.75, 3.05) is 6.61 Å². The summed E-state index contributed by atoms with van der Waals surface area (Å²) in [6.45, 7) is 2.99. The van der Waals surface area contributed by atoms with E-state index in [4.69, 9.17) is 10.5 Å². The molecule has 0 saturated heterocycles. The molecule has 0 amide bonds. The monoisotopic (exact) mass is 473 g/mol. The summed E-state index contributed by atoms with van der Waals surface area (Å²) < 4.78 is 76.7. The number of phenols is 1. The van der Waals surface area contributed by atoms with Crippen molar-refractivity contribution in [2.24, 2.45) is 5.73 Å². The molecule has 0 aromatic heterocycles. The average Bonchev–Trinajstić information content (AvgIpc) is 2.66. The van der Waals surface area contributed by atoms with Crippen LogP contribution in [0.15, 0.2) is 36.4 Å². The highest BCUT2D eigenvalue weighted by Gasteiger charge is 2.59. The van der Waals surface area contributed by atoms with Crippen molar-refractivity contribution in [1.29, 1.82) is 0 Å². The van der Waals surface area contributed by atoms with Crippen molar-refractivity contribution in [1.82, 2.24) is 0 Å². The molecule has 1 unspecified atom stereocenters. The minimum atomic E-state index is -5.17. The number of hydrogen-bond donors (Lipinski definition) is 2. The number of ether oxygens (including phenoxy) is 1. The summed E-state index contributed by atoms with van der Waals surface area (Å²) in [6.07, 6.45) is -5.76. The molecule has 5 nitrogen and oxygen atoms in total. The molecule has 180 valence electrons. The maximum Gasteiger partial charge on any atom is 0.398 e. The summed E-state index contributed by atoms with van der Waals surface area (Å²) in [4.78, 5) is 23.5. The Morgan fingerprint density at radius 3 is 2.24 bits per heavy atom. The minimum absolute atomic E-state index is 0.105. The van der Waals surface area contributed by atoms with Gasteiger partial charge in [0, 0.05) is 23.1 Å². The van der Waals surface area contributed by atoms with Crippen LogP contribution in [0.4, 0.5) is 22.0 Å². The largest absolute Gasteiger partial charge is 0.507 e. The van der Waals surface area contributed by atoms with Gasteiger partial charge in [0.1, 0.15) is 35.0 Å². The van der Waals surface area contributed by atoms with E-state index in [2.05, 4.69) is 0 Å². The number of nitrogens with two attached hydrogens (primary N) is 1. The van der Waals surface area contributed by atoms with Gasteiger partial charge in [0.2, 0.25) is 0 Å². The lowest BCUT2D eigenvalue weighted by atomic mass is 9.73. The summed E-state index contributed by atoms with van der Waals surface area (Å²) in [5, 5.41) is 10.0. The Labute approximate surface area is 187 Å². The Bertz CT molecular complexity index is 1030. The van der Waals surface area contributed by atoms with Crippen LogP contribution in [-0.2, 0) is 9.53 Å². The van der Waals surface area contributed by atoms with Crippen LogP contribution in [0.1, 0.15) is 49.0 Å². The quantitative estimate of drug-likeness (QED) is 0.318. The van der Waals surface area contributed by atoms with E-state index in [1.807, 2.05) is 0 Å². The van der Waals surface area contributed by atoms with Gasteiger partial charge in [-0.3, -0.25) is 9.59 Å². The second-order valence-electron chi connectivity index (χ2n) is 8.26. The summed E-state index contributed by atoms with van der Waals surface area (Å²) in [5.41, 5.74) is -0.307. The molecular formula is C23H24F5NO4. The molecule has 2 aromatic carbocycles. The Morgan fingerprint density at radius 2 is 1.76 bits per heavy atom. The van der Waals surface area contributed by atoms with E-state index in [9.17, 15) is 36.6 Å². The number of esters is 1. The Kier molecular flexibility index (Phi) is 7.53. The van der Waals surface area contributed by atoms with Crippen LogP contribution in [-0.4, -0.2) is 41.4 Å². The zero-order chi connectivity index (χ0) is 25.2. The molecule has 0 bridgehead atoms. The third kappa shape index (κ3) is 5.87. The fourth-order valence-electron chi connectivity index (χ4n) is 3.80. The van der Waals surface area contributed by atoms with E-state index in [0.29, 0.717) is 12.4 Å². The number of carbonyl (C=O) groups is 2. The van der Waals surface area contributed by atoms with Crippen LogP contribution in [0.3, 0.4) is 0 Å². The number of aromatic hydroxyl groups is 1. The second kappa shape index (κ2) is 9.46. The summed E-state index contributed by atoms with van der Waals surface area (Å²) in [5.74, 6) is -5.85. The highest BCUT2D eigenvalue weighted by Crippen LogP contribution is 2.46. The Morgan fingerprint density at radius 1 is 1.12 bits per heavy atom. The second-order valence-corrected chi connectivity index (χ2v) is 8.26. The number of aldehydes is 1. The number of alkyl halides is 4. The van der Waals surface area contributed by atoms with Crippen molar-refractivity contribution in [3.05, 3.63) is 53.3 Å². The predicted octanol–water partition coefficient (Wildman–Crippen LogP) is 5.06. The molecule has 0 saturated carbocycles. The standard InChI is InChI=1S/C23H24F5NO4/c1-4-33-20(32)22(29,12-21(2,3)25)19(23(26,27)28)14-6-7-15(17(24)10-14)16-9-13(11-30)5-8-18(16)31/h5-11,19,31H,4,12,29H2,1-3H3/t19?,22-/m0/s1. The molecule has 2 atom stereocenters. The number of carbonyl (C=O) groups excluding carboxylic acids is 2. The molecule has 0 radical (unpaired) electrons. The molecule has 33 heavy (non-hydrogen) atoms. The molecule has 2 aromatic rings. The maximum absolute atomic E-state index is 15.0. The molecule has 2 rings (SSSR count). The van der Waals surface area contributed by atoms with E-state index in [-0.39, 0.29) is 23.3 Å². The van der Waals surface area contributed by atoms with Crippen LogP contribution in [0.5, 0.6) is 5.75 Å². The number of rotatable bonds is 8. The predicted molar refractivity (Wildman–Crippen MR) is 111 cm³/mol. The molecule has 0 aliphatic carbocycles. The smallest absolute Gasteiger partial charge is 0.398 e. The highest BCUT2D eigenvalue weighted by atomic mass is 19.4. The van der Waals surface area contributed by atoms with Crippen LogP contribution in [0.2, 0.25) is 0 Å². The van der Waals surface area contributed by atoms with E-state index in [0.717, 1.165) is 32.0 Å². The van der Waals surface area contributed by atoms with Crippen LogP contribution in [0.25, 0.3) is 11.1 Å². The molecule has 10 heteroatoms. The van der Waals surface area contributed by atoms with Gasteiger partial charge in [0.15, 0.2) is 0 Å². The lowest BCUT2D eigenvalue weighted by Gasteiger charge is -2.39. The fraction of sp³-hybridized carbons (Fsp3) is 0.391. The van der Waals surface area contributed by atoms with Crippen LogP contribution < -0.4 is 5.73 Å². The van der Waals surface area contributed by atoms with E-state index in [1.54, 1.807) is 0 Å². The summed E-state index contributed by atoms with van der Waals surface area (Å²) in [6, 6.07) is 5.94. The van der Waals surface area contributed by atoms with Gasteiger partial charge in [0.05, 0.1) is 6.61 Å². The number of phenolic OH excluding ortho intramolecular Hbond substituents is 1. The first-order valence-corrected chi connectivity index (χ1v) is 9.93. The first-order valence-electron chi connectivity index (χ1n) is 9.93. The van der Waals surface area contributed by atoms with Crippen molar-refractivity contribution >= 4 is 12.3 Å². The van der Waals surface area contributed by atoms with E-state index < -0.39 is 52.8 Å². The molecular weight excluding hydrogens is 449 g/mol. The lowest BCUT2D eigenvalue weighted by Crippen LogP contribution is -2.60. The zero-order valence-corrected chi connectivity index (χ0v) is 18.2. The SMILES string of the molecule is CCOC(=O)[C@](N)(CC(C)(C)F)C(c1ccc(-c2cc(C=O)ccc2O)c(F)c1)C(F)(F)F. The van der Waals surface area contributed by atoms with Gasteiger partial charge in [-0.2, -0.15) is 13.2 Å². The molecule has 0 heterocycles. The van der Waals surface area contributed by atoms with Gasteiger partial charge >= 0.3 is 12.1 Å². The summed E-state index contributed by atoms with van der Waals surface area (Å²) in [7, 11) is 0. The molecule has 0 fully saturated rings. The number of hydrogen-bond acceptors (Lipinski definition) is 5.